The Bertz CT molecular complexity index is 879. The lowest BCUT2D eigenvalue weighted by Crippen LogP contribution is -1.92. The summed E-state index contributed by atoms with van der Waals surface area (Å²) in [6, 6.07) is 11.0. The highest BCUT2D eigenvalue weighted by Gasteiger charge is 2.09. The van der Waals surface area contributed by atoms with Crippen molar-refractivity contribution in [3.63, 3.8) is 0 Å². The normalized spacial score (nSPS) is 10.5. The third kappa shape index (κ3) is 3.35. The summed E-state index contributed by atoms with van der Waals surface area (Å²) in [7, 11) is 0. The Morgan fingerprint density at radius 2 is 2.09 bits per heavy atom. The molecule has 0 saturated heterocycles. The van der Waals surface area contributed by atoms with Crippen LogP contribution in [-0.2, 0) is 0 Å². The maximum Gasteiger partial charge on any atom is 0.271 e. The maximum absolute atomic E-state index is 13.3. The van der Waals surface area contributed by atoms with E-state index in [-0.39, 0.29) is 11.5 Å². The first kappa shape index (κ1) is 15.1. The second-order valence-corrected chi connectivity index (χ2v) is 5.79. The monoisotopic (exact) mass is 329 g/mol. The van der Waals surface area contributed by atoms with Gasteiger partial charge < -0.3 is 5.32 Å². The van der Waals surface area contributed by atoms with E-state index in [1.165, 1.54) is 29.5 Å². The smallest absolute Gasteiger partial charge is 0.271 e. The molecule has 1 N–H and O–H groups in total. The molecule has 0 atom stereocenters. The minimum atomic E-state index is -0.445. The van der Waals surface area contributed by atoms with Crippen LogP contribution < -0.4 is 5.32 Å². The number of non-ortho nitro benzene ring substituents is 1. The number of thiazole rings is 1. The summed E-state index contributed by atoms with van der Waals surface area (Å²) >= 11 is 1.38. The Morgan fingerprint density at radius 3 is 2.83 bits per heavy atom. The number of nitro groups is 1. The molecule has 1 heterocycles. The van der Waals surface area contributed by atoms with Gasteiger partial charge in [0.1, 0.15) is 5.82 Å². The van der Waals surface area contributed by atoms with Crippen LogP contribution in [0.25, 0.3) is 11.3 Å². The standard InChI is InChI=1S/C16H12FN3O2S/c1-10-7-11(5-6-14(10)17)15-9-23-16(19-15)18-12-3-2-4-13(8-12)20(21)22/h2-9H,1H3,(H,18,19). The van der Waals surface area contributed by atoms with Gasteiger partial charge in [0.2, 0.25) is 0 Å². The predicted molar refractivity (Wildman–Crippen MR) is 88.6 cm³/mol. The second kappa shape index (κ2) is 6.13. The molecule has 0 amide bonds. The van der Waals surface area contributed by atoms with E-state index in [1.807, 2.05) is 5.38 Å². The lowest BCUT2D eigenvalue weighted by atomic mass is 10.1. The molecular weight excluding hydrogens is 317 g/mol. The lowest BCUT2D eigenvalue weighted by Gasteiger charge is -2.02. The molecule has 0 saturated carbocycles. The van der Waals surface area contributed by atoms with Crippen molar-refractivity contribution in [3.05, 3.63) is 69.3 Å². The van der Waals surface area contributed by atoms with Crippen molar-refractivity contribution in [2.24, 2.45) is 0 Å². The minimum Gasteiger partial charge on any atom is -0.331 e. The van der Waals surface area contributed by atoms with E-state index in [4.69, 9.17) is 0 Å². The molecule has 3 rings (SSSR count). The highest BCUT2D eigenvalue weighted by atomic mass is 32.1. The number of hydrogen-bond acceptors (Lipinski definition) is 5. The number of nitrogens with zero attached hydrogens (tertiary/aromatic N) is 2. The number of halogens is 1. The molecule has 0 radical (unpaired) electrons. The molecule has 0 spiro atoms. The van der Waals surface area contributed by atoms with E-state index in [9.17, 15) is 14.5 Å². The average Bonchev–Trinajstić information content (AvgIpc) is 2.99. The van der Waals surface area contributed by atoms with Gasteiger partial charge >= 0.3 is 0 Å². The molecule has 3 aromatic rings. The summed E-state index contributed by atoms with van der Waals surface area (Å²) < 4.78 is 13.3. The number of nitro benzene ring substituents is 1. The van der Waals surface area contributed by atoms with Gasteiger partial charge in [-0.3, -0.25) is 10.1 Å². The van der Waals surface area contributed by atoms with Gasteiger partial charge in [0, 0.05) is 28.8 Å². The van der Waals surface area contributed by atoms with Crippen LogP contribution in [0.5, 0.6) is 0 Å². The maximum atomic E-state index is 13.3. The quantitative estimate of drug-likeness (QED) is 0.545. The summed E-state index contributed by atoms with van der Waals surface area (Å²) in [5.41, 5.74) is 2.72. The molecule has 0 fully saturated rings. The van der Waals surface area contributed by atoms with Gasteiger partial charge in [-0.15, -0.1) is 11.3 Å². The van der Waals surface area contributed by atoms with E-state index in [1.54, 1.807) is 31.2 Å². The number of nitrogens with one attached hydrogen (secondary N) is 1. The number of hydrogen-bond donors (Lipinski definition) is 1. The van der Waals surface area contributed by atoms with Crippen molar-refractivity contribution in [1.82, 2.24) is 4.98 Å². The van der Waals surface area contributed by atoms with Crippen molar-refractivity contribution < 1.29 is 9.31 Å². The molecule has 7 heteroatoms. The highest BCUT2D eigenvalue weighted by Crippen LogP contribution is 2.29. The van der Waals surface area contributed by atoms with Crippen molar-refractivity contribution >= 4 is 27.8 Å². The molecule has 5 nitrogen and oxygen atoms in total. The van der Waals surface area contributed by atoms with Crippen molar-refractivity contribution in [2.75, 3.05) is 5.32 Å². The largest absolute Gasteiger partial charge is 0.331 e. The van der Waals surface area contributed by atoms with Gasteiger partial charge in [-0.25, -0.2) is 9.37 Å². The summed E-state index contributed by atoms with van der Waals surface area (Å²) in [5, 5.41) is 16.3. The summed E-state index contributed by atoms with van der Waals surface area (Å²) in [6.45, 7) is 1.70. The number of aromatic nitrogens is 1. The number of aryl methyl sites for hydroxylation is 1. The van der Waals surface area contributed by atoms with Crippen LogP contribution in [0.3, 0.4) is 0 Å². The molecular formula is C16H12FN3O2S. The van der Waals surface area contributed by atoms with E-state index in [2.05, 4.69) is 10.3 Å². The topological polar surface area (TPSA) is 68.1 Å². The summed E-state index contributed by atoms with van der Waals surface area (Å²) in [6.07, 6.45) is 0. The highest BCUT2D eigenvalue weighted by molar-refractivity contribution is 7.14. The first-order chi connectivity index (χ1) is 11.0. The van der Waals surface area contributed by atoms with E-state index in [0.29, 0.717) is 16.4 Å². The van der Waals surface area contributed by atoms with Gasteiger partial charge in [-0.2, -0.15) is 0 Å². The number of benzene rings is 2. The van der Waals surface area contributed by atoms with Gasteiger partial charge in [0.05, 0.1) is 10.6 Å². The van der Waals surface area contributed by atoms with Gasteiger partial charge in [-0.1, -0.05) is 6.07 Å². The van der Waals surface area contributed by atoms with Crippen LogP contribution >= 0.6 is 11.3 Å². The van der Waals surface area contributed by atoms with Crippen LogP contribution in [0, 0.1) is 22.9 Å². The Hall–Kier alpha value is -2.80. The Balaban J connectivity index is 1.83. The Kier molecular flexibility index (Phi) is 4.03. The zero-order chi connectivity index (χ0) is 16.4. The molecule has 0 bridgehead atoms. The zero-order valence-corrected chi connectivity index (χ0v) is 12.9. The average molecular weight is 329 g/mol. The Morgan fingerprint density at radius 1 is 1.26 bits per heavy atom. The molecule has 1 aromatic heterocycles. The molecule has 23 heavy (non-hydrogen) atoms. The van der Waals surface area contributed by atoms with Crippen LogP contribution in [-0.4, -0.2) is 9.91 Å². The Labute approximate surface area is 135 Å². The SMILES string of the molecule is Cc1cc(-c2csc(Nc3cccc([N+](=O)[O-])c3)n2)ccc1F. The first-order valence-electron chi connectivity index (χ1n) is 6.76. The zero-order valence-electron chi connectivity index (χ0n) is 12.1. The van der Waals surface area contributed by atoms with E-state index < -0.39 is 4.92 Å². The predicted octanol–water partition coefficient (Wildman–Crippen LogP) is 4.91. The van der Waals surface area contributed by atoms with Crippen LogP contribution in [0.15, 0.2) is 47.8 Å². The lowest BCUT2D eigenvalue weighted by molar-refractivity contribution is -0.384. The van der Waals surface area contributed by atoms with Crippen molar-refractivity contribution in [2.45, 2.75) is 6.92 Å². The minimum absolute atomic E-state index is 0.0148. The third-order valence-electron chi connectivity index (χ3n) is 3.27. The van der Waals surface area contributed by atoms with Crippen molar-refractivity contribution in [1.29, 1.82) is 0 Å². The van der Waals surface area contributed by atoms with Gasteiger partial charge in [0.15, 0.2) is 5.13 Å². The molecule has 0 aliphatic rings. The molecule has 116 valence electrons. The van der Waals surface area contributed by atoms with E-state index in [0.717, 1.165) is 11.3 Å². The van der Waals surface area contributed by atoms with E-state index >= 15 is 0 Å². The van der Waals surface area contributed by atoms with Crippen LogP contribution in [0.1, 0.15) is 5.56 Å². The summed E-state index contributed by atoms with van der Waals surface area (Å²) in [5.74, 6) is -0.251. The molecule has 2 aromatic carbocycles. The molecule has 0 unspecified atom stereocenters. The fourth-order valence-corrected chi connectivity index (χ4v) is 2.83. The summed E-state index contributed by atoms with van der Waals surface area (Å²) in [4.78, 5) is 14.8. The van der Waals surface area contributed by atoms with Crippen molar-refractivity contribution in [3.8, 4) is 11.3 Å². The molecule has 0 aliphatic carbocycles. The van der Waals surface area contributed by atoms with Gasteiger partial charge in [-0.05, 0) is 36.8 Å². The van der Waals surface area contributed by atoms with Crippen LogP contribution in [0.4, 0.5) is 20.9 Å². The number of anilines is 2. The van der Waals surface area contributed by atoms with Gasteiger partial charge in [0.25, 0.3) is 5.69 Å². The molecule has 0 aliphatic heterocycles. The second-order valence-electron chi connectivity index (χ2n) is 4.93. The fourth-order valence-electron chi connectivity index (χ4n) is 2.09. The third-order valence-corrected chi connectivity index (χ3v) is 4.02. The number of rotatable bonds is 4. The fraction of sp³-hybridized carbons (Fsp3) is 0.0625. The van der Waals surface area contributed by atoms with Crippen LogP contribution in [0.2, 0.25) is 0 Å². The first-order valence-corrected chi connectivity index (χ1v) is 7.64.